The molecular weight excluding hydrogens is 284 g/mol. The lowest BCUT2D eigenvalue weighted by atomic mass is 10.3. The molecular formula is C11H12N4O2S2. The van der Waals surface area contributed by atoms with Crippen molar-refractivity contribution < 1.29 is 9.52 Å². The molecule has 2 aromatic heterocycles. The molecule has 100 valence electrons. The van der Waals surface area contributed by atoms with E-state index in [2.05, 4.69) is 22.4 Å². The summed E-state index contributed by atoms with van der Waals surface area (Å²) in [6.07, 6.45) is 2.32. The predicted molar refractivity (Wildman–Crippen MR) is 74.3 cm³/mol. The smallest absolute Gasteiger partial charge is 0.323 e. The van der Waals surface area contributed by atoms with E-state index in [1.165, 1.54) is 23.6 Å². The van der Waals surface area contributed by atoms with E-state index in [1.807, 2.05) is 0 Å². The molecule has 0 aliphatic heterocycles. The van der Waals surface area contributed by atoms with Gasteiger partial charge < -0.3 is 5.21 Å². The van der Waals surface area contributed by atoms with Crippen molar-refractivity contribution in [2.45, 2.75) is 17.7 Å². The maximum Gasteiger partial charge on any atom is 0.323 e. The Morgan fingerprint density at radius 1 is 1.53 bits per heavy atom. The molecule has 0 bridgehead atoms. The molecule has 2 aromatic rings. The van der Waals surface area contributed by atoms with Gasteiger partial charge in [-0.05, 0) is 12.5 Å². The van der Waals surface area contributed by atoms with Gasteiger partial charge in [-0.15, -0.1) is 10.2 Å². The Labute approximate surface area is 118 Å². The van der Waals surface area contributed by atoms with Crippen molar-refractivity contribution in [3.63, 3.8) is 0 Å². The maximum absolute atomic E-state index is 11.9. The Hall–Kier alpha value is -1.67. The van der Waals surface area contributed by atoms with Crippen LogP contribution in [0.5, 0.6) is 0 Å². The Balaban J connectivity index is 2.03. The van der Waals surface area contributed by atoms with Crippen LogP contribution in [0.3, 0.4) is 0 Å². The van der Waals surface area contributed by atoms with Crippen molar-refractivity contribution in [2.24, 2.45) is 0 Å². The van der Waals surface area contributed by atoms with Gasteiger partial charge >= 0.3 is 5.91 Å². The summed E-state index contributed by atoms with van der Waals surface area (Å²) in [5, 5.41) is 22.2. The van der Waals surface area contributed by atoms with E-state index < -0.39 is 5.91 Å². The normalized spacial score (nSPS) is 10.4. The largest absolute Gasteiger partial charge is 0.618 e. The van der Waals surface area contributed by atoms with Gasteiger partial charge in [0.2, 0.25) is 5.13 Å². The summed E-state index contributed by atoms with van der Waals surface area (Å²) < 4.78 is 1.32. The highest BCUT2D eigenvalue weighted by Crippen LogP contribution is 2.25. The van der Waals surface area contributed by atoms with Crippen LogP contribution in [0.4, 0.5) is 5.13 Å². The first kappa shape index (κ1) is 13.8. The summed E-state index contributed by atoms with van der Waals surface area (Å²) in [6, 6.07) is 4.65. The molecule has 1 amide bonds. The van der Waals surface area contributed by atoms with Gasteiger partial charge in [0.05, 0.1) is 0 Å². The third-order valence-corrected chi connectivity index (χ3v) is 4.29. The van der Waals surface area contributed by atoms with Crippen LogP contribution < -0.4 is 10.0 Å². The van der Waals surface area contributed by atoms with Crippen molar-refractivity contribution >= 4 is 34.1 Å². The molecule has 0 aromatic carbocycles. The summed E-state index contributed by atoms with van der Waals surface area (Å²) >= 11 is 2.89. The zero-order valence-corrected chi connectivity index (χ0v) is 11.8. The second-order valence-electron chi connectivity index (χ2n) is 3.59. The Bertz CT molecular complexity index is 573. The number of carbonyl (C=O) groups excluding carboxylic acids is 1. The summed E-state index contributed by atoms with van der Waals surface area (Å²) in [7, 11) is 0. The Kier molecular flexibility index (Phi) is 4.69. The molecule has 0 aliphatic rings. The lowest BCUT2D eigenvalue weighted by Crippen LogP contribution is -2.36. The third kappa shape index (κ3) is 3.65. The van der Waals surface area contributed by atoms with Crippen LogP contribution in [-0.2, 0) is 0 Å². The zero-order valence-electron chi connectivity index (χ0n) is 10.2. The number of hydrogen-bond acceptors (Lipinski definition) is 6. The average Bonchev–Trinajstić information content (AvgIpc) is 2.84. The number of nitrogens with one attached hydrogen (secondary N) is 1. The standard InChI is InChI=1S/C11H12N4O2S2/c1-2-7-18-11-14-13-10(19-11)12-9(16)8-5-3-4-6-15(8)17/h3-6H,2,7H2,1H3,(H,12,13,16). The van der Waals surface area contributed by atoms with Gasteiger partial charge in [-0.25, -0.2) is 0 Å². The van der Waals surface area contributed by atoms with E-state index in [0.29, 0.717) is 9.86 Å². The number of nitrogens with zero attached hydrogens (tertiary/aromatic N) is 3. The first-order valence-corrected chi connectivity index (χ1v) is 7.46. The Morgan fingerprint density at radius 2 is 2.37 bits per heavy atom. The van der Waals surface area contributed by atoms with Crippen molar-refractivity contribution in [1.29, 1.82) is 0 Å². The van der Waals surface area contributed by atoms with Crippen LogP contribution in [0.1, 0.15) is 23.8 Å². The second kappa shape index (κ2) is 6.48. The monoisotopic (exact) mass is 296 g/mol. The summed E-state index contributed by atoms with van der Waals surface area (Å²) in [6.45, 7) is 2.08. The number of anilines is 1. The van der Waals surface area contributed by atoms with Crippen molar-refractivity contribution in [2.75, 3.05) is 11.1 Å². The van der Waals surface area contributed by atoms with Crippen LogP contribution in [0.2, 0.25) is 0 Å². The topological polar surface area (TPSA) is 81.8 Å². The molecule has 0 unspecified atom stereocenters. The molecule has 0 saturated carbocycles. The van der Waals surface area contributed by atoms with Crippen LogP contribution in [-0.4, -0.2) is 21.9 Å². The van der Waals surface area contributed by atoms with Gasteiger partial charge in [-0.1, -0.05) is 30.0 Å². The molecule has 0 saturated heterocycles. The highest BCUT2D eigenvalue weighted by atomic mass is 32.2. The number of thioether (sulfide) groups is 1. The molecule has 0 spiro atoms. The van der Waals surface area contributed by atoms with E-state index in [4.69, 9.17) is 0 Å². The zero-order chi connectivity index (χ0) is 13.7. The molecule has 1 N–H and O–H groups in total. The Morgan fingerprint density at radius 3 is 3.11 bits per heavy atom. The van der Waals surface area contributed by atoms with E-state index in [-0.39, 0.29) is 5.69 Å². The lowest BCUT2D eigenvalue weighted by molar-refractivity contribution is -0.607. The number of pyridine rings is 1. The molecule has 8 heteroatoms. The number of hydrogen-bond donors (Lipinski definition) is 1. The van der Waals surface area contributed by atoms with Gasteiger partial charge in [-0.2, -0.15) is 4.73 Å². The quantitative estimate of drug-likeness (QED) is 0.394. The first-order chi connectivity index (χ1) is 9.20. The van der Waals surface area contributed by atoms with Gasteiger partial charge in [0.1, 0.15) is 0 Å². The molecule has 0 aliphatic carbocycles. The van der Waals surface area contributed by atoms with Gasteiger partial charge in [0.25, 0.3) is 5.69 Å². The van der Waals surface area contributed by atoms with Crippen molar-refractivity contribution in [3.8, 4) is 0 Å². The maximum atomic E-state index is 11.9. The van der Waals surface area contributed by atoms with Crippen LogP contribution in [0, 0.1) is 5.21 Å². The minimum absolute atomic E-state index is 0.0282. The molecule has 2 rings (SSSR count). The fourth-order valence-corrected chi connectivity index (χ4v) is 2.95. The highest BCUT2D eigenvalue weighted by Gasteiger charge is 2.17. The first-order valence-electron chi connectivity index (χ1n) is 5.66. The van der Waals surface area contributed by atoms with Crippen molar-refractivity contribution in [1.82, 2.24) is 10.2 Å². The van der Waals surface area contributed by atoms with Crippen LogP contribution in [0.15, 0.2) is 28.7 Å². The lowest BCUT2D eigenvalue weighted by Gasteiger charge is -2.02. The minimum Gasteiger partial charge on any atom is -0.618 e. The van der Waals surface area contributed by atoms with Gasteiger partial charge in [0.15, 0.2) is 10.5 Å². The van der Waals surface area contributed by atoms with Crippen molar-refractivity contribution in [3.05, 3.63) is 35.3 Å². The number of aromatic nitrogens is 3. The van der Waals surface area contributed by atoms with E-state index in [9.17, 15) is 10.0 Å². The highest BCUT2D eigenvalue weighted by molar-refractivity contribution is 8.01. The minimum atomic E-state index is -0.487. The number of carbonyl (C=O) groups is 1. The summed E-state index contributed by atoms with van der Waals surface area (Å²) in [5.74, 6) is 0.473. The second-order valence-corrected chi connectivity index (χ2v) is 5.91. The third-order valence-electron chi connectivity index (χ3n) is 2.11. The molecule has 0 radical (unpaired) electrons. The molecule has 0 fully saturated rings. The molecule has 0 atom stereocenters. The van der Waals surface area contributed by atoms with E-state index in [0.717, 1.165) is 16.5 Å². The molecule has 19 heavy (non-hydrogen) atoms. The van der Waals surface area contributed by atoms with Gasteiger partial charge in [0, 0.05) is 17.9 Å². The summed E-state index contributed by atoms with van der Waals surface area (Å²) in [5.41, 5.74) is 0.0282. The average molecular weight is 296 g/mol. The van der Waals surface area contributed by atoms with Gasteiger partial charge in [-0.3, -0.25) is 10.1 Å². The molecule has 6 nitrogen and oxygen atoms in total. The fraction of sp³-hybridized carbons (Fsp3) is 0.273. The number of rotatable bonds is 5. The van der Waals surface area contributed by atoms with Crippen LogP contribution >= 0.6 is 23.1 Å². The SMILES string of the molecule is CCCSc1nnc(NC(=O)c2cccc[n+]2[O-])s1. The van der Waals surface area contributed by atoms with Crippen LogP contribution in [0.25, 0.3) is 0 Å². The number of amides is 1. The fourth-order valence-electron chi connectivity index (χ4n) is 1.27. The van der Waals surface area contributed by atoms with E-state index in [1.54, 1.807) is 23.9 Å². The molecule has 2 heterocycles. The van der Waals surface area contributed by atoms with E-state index >= 15 is 0 Å². The summed E-state index contributed by atoms with van der Waals surface area (Å²) in [4.78, 5) is 11.9. The predicted octanol–water partition coefficient (Wildman–Crippen LogP) is 1.93.